The highest BCUT2D eigenvalue weighted by atomic mass is 16.5. The van der Waals surface area contributed by atoms with Crippen molar-refractivity contribution < 1.29 is 9.53 Å². The van der Waals surface area contributed by atoms with Crippen molar-refractivity contribution in [1.29, 1.82) is 10.5 Å². The smallest absolute Gasteiger partial charge is 0.338 e. The minimum absolute atomic E-state index is 0.0358. The number of ether oxygens (including phenoxy) is 1. The normalized spacial score (nSPS) is 13.8. The molecule has 1 aliphatic carbocycles. The summed E-state index contributed by atoms with van der Waals surface area (Å²) in [5, 5.41) is 20.7. The van der Waals surface area contributed by atoms with Crippen LogP contribution in [-0.4, -0.2) is 17.8 Å². The first-order valence-electron chi connectivity index (χ1n) is 6.68. The lowest BCUT2D eigenvalue weighted by Crippen LogP contribution is -2.14. The van der Waals surface area contributed by atoms with Crippen LogP contribution >= 0.6 is 0 Å². The second-order valence-electron chi connectivity index (χ2n) is 4.68. The van der Waals surface area contributed by atoms with Crippen molar-refractivity contribution in [2.75, 3.05) is 5.43 Å². The number of hydrogen-bond acceptors (Lipinski definition) is 6. The maximum Gasteiger partial charge on any atom is 0.338 e. The fraction of sp³-hybridized carbons (Fsp3) is 0.333. The van der Waals surface area contributed by atoms with Crippen LogP contribution < -0.4 is 5.43 Å². The number of nitriles is 2. The molecule has 0 unspecified atom stereocenters. The van der Waals surface area contributed by atoms with Crippen LogP contribution in [0, 0.1) is 22.7 Å². The van der Waals surface area contributed by atoms with Crippen LogP contribution in [0.4, 0.5) is 5.69 Å². The van der Waals surface area contributed by atoms with Crippen molar-refractivity contribution >= 4 is 17.4 Å². The predicted octanol–water partition coefficient (Wildman–Crippen LogP) is 2.60. The van der Waals surface area contributed by atoms with Gasteiger partial charge in [0.1, 0.15) is 18.2 Å². The lowest BCUT2D eigenvalue weighted by Gasteiger charge is -2.11. The van der Waals surface area contributed by atoms with Gasteiger partial charge in [-0.05, 0) is 49.9 Å². The molecule has 0 aliphatic heterocycles. The summed E-state index contributed by atoms with van der Waals surface area (Å²) in [6.45, 7) is 0. The highest BCUT2D eigenvalue weighted by Crippen LogP contribution is 2.22. The number of hydrazone groups is 1. The van der Waals surface area contributed by atoms with Gasteiger partial charge in [0.2, 0.25) is 5.71 Å². The summed E-state index contributed by atoms with van der Waals surface area (Å²) in [7, 11) is 0. The molecular weight excluding hydrogens is 268 g/mol. The first-order chi connectivity index (χ1) is 10.2. The summed E-state index contributed by atoms with van der Waals surface area (Å²) in [5.74, 6) is -0.327. The topological polar surface area (TPSA) is 98.3 Å². The van der Waals surface area contributed by atoms with E-state index >= 15 is 0 Å². The Balaban J connectivity index is 1.95. The van der Waals surface area contributed by atoms with E-state index in [-0.39, 0.29) is 17.8 Å². The molecule has 0 amide bonds. The molecule has 1 aromatic carbocycles. The van der Waals surface area contributed by atoms with E-state index in [0.717, 1.165) is 25.7 Å². The molecule has 0 spiro atoms. The molecule has 0 saturated heterocycles. The molecule has 1 saturated carbocycles. The molecule has 6 heteroatoms. The Morgan fingerprint density at radius 2 is 1.81 bits per heavy atom. The minimum Gasteiger partial charge on any atom is -0.459 e. The molecule has 1 aliphatic rings. The molecule has 1 aromatic rings. The van der Waals surface area contributed by atoms with Gasteiger partial charge in [0.25, 0.3) is 0 Å². The quantitative estimate of drug-likeness (QED) is 0.520. The Morgan fingerprint density at radius 3 is 2.38 bits per heavy atom. The summed E-state index contributed by atoms with van der Waals surface area (Å²) in [5.41, 5.74) is 3.36. The fourth-order valence-corrected chi connectivity index (χ4v) is 2.10. The Hall–Kier alpha value is -2.86. The van der Waals surface area contributed by atoms with Crippen molar-refractivity contribution in [2.45, 2.75) is 31.8 Å². The van der Waals surface area contributed by atoms with Crippen LogP contribution in [0.3, 0.4) is 0 Å². The maximum atomic E-state index is 11.9. The molecule has 0 radical (unpaired) electrons. The van der Waals surface area contributed by atoms with Gasteiger partial charge in [-0.2, -0.15) is 15.6 Å². The number of nitrogens with one attached hydrogen (secondary N) is 1. The van der Waals surface area contributed by atoms with E-state index in [1.54, 1.807) is 36.4 Å². The molecule has 2 rings (SSSR count). The highest BCUT2D eigenvalue weighted by Gasteiger charge is 2.19. The minimum atomic E-state index is -0.327. The van der Waals surface area contributed by atoms with Gasteiger partial charge in [0.05, 0.1) is 11.3 Å². The number of hydrogen-bond donors (Lipinski definition) is 1. The van der Waals surface area contributed by atoms with Crippen molar-refractivity contribution in [3.63, 3.8) is 0 Å². The molecule has 1 fully saturated rings. The van der Waals surface area contributed by atoms with Crippen LogP contribution in [-0.2, 0) is 4.74 Å². The third kappa shape index (κ3) is 4.05. The van der Waals surface area contributed by atoms with Crippen LogP contribution in [0.15, 0.2) is 29.4 Å². The molecule has 0 bridgehead atoms. The number of nitrogens with zero attached hydrogens (tertiary/aromatic N) is 3. The van der Waals surface area contributed by atoms with Crippen molar-refractivity contribution in [3.05, 3.63) is 29.8 Å². The van der Waals surface area contributed by atoms with Crippen LogP contribution in [0.2, 0.25) is 0 Å². The summed E-state index contributed by atoms with van der Waals surface area (Å²) < 4.78 is 5.40. The number of anilines is 1. The second-order valence-corrected chi connectivity index (χ2v) is 4.68. The van der Waals surface area contributed by atoms with Crippen LogP contribution in [0.25, 0.3) is 0 Å². The summed E-state index contributed by atoms with van der Waals surface area (Å²) in [6.07, 6.45) is 4.13. The first-order valence-corrected chi connectivity index (χ1v) is 6.68. The van der Waals surface area contributed by atoms with Crippen molar-refractivity contribution in [2.24, 2.45) is 5.10 Å². The number of carbonyl (C=O) groups is 1. The number of rotatable bonds is 4. The molecule has 0 aromatic heterocycles. The Labute approximate surface area is 122 Å². The zero-order valence-electron chi connectivity index (χ0n) is 11.4. The van der Waals surface area contributed by atoms with E-state index in [2.05, 4.69) is 10.5 Å². The predicted molar refractivity (Wildman–Crippen MR) is 76.4 cm³/mol. The molecular formula is C15H14N4O2. The fourth-order valence-electron chi connectivity index (χ4n) is 2.10. The second kappa shape index (κ2) is 7.06. The largest absolute Gasteiger partial charge is 0.459 e. The van der Waals surface area contributed by atoms with Crippen LogP contribution in [0.1, 0.15) is 36.0 Å². The standard InChI is InChI=1S/C15H14N4O2/c16-9-13(10-17)19-18-12-7-5-11(6-8-12)15(20)21-14-3-1-2-4-14/h5-8,14,18H,1-4H2. The number of benzene rings is 1. The zero-order chi connectivity index (χ0) is 15.1. The zero-order valence-corrected chi connectivity index (χ0v) is 11.4. The van der Waals surface area contributed by atoms with Gasteiger partial charge in [-0.25, -0.2) is 4.79 Å². The summed E-state index contributed by atoms with van der Waals surface area (Å²) >= 11 is 0. The Bertz CT molecular complexity index is 601. The first kappa shape index (κ1) is 14.5. The Kier molecular flexibility index (Phi) is 4.89. The van der Waals surface area contributed by atoms with Gasteiger partial charge in [0.15, 0.2) is 0 Å². The maximum absolute atomic E-state index is 11.9. The molecule has 6 nitrogen and oxygen atoms in total. The van der Waals surface area contributed by atoms with Gasteiger partial charge in [-0.1, -0.05) is 0 Å². The monoisotopic (exact) mass is 282 g/mol. The van der Waals surface area contributed by atoms with Crippen LogP contribution in [0.5, 0.6) is 0 Å². The summed E-state index contributed by atoms with van der Waals surface area (Å²) in [4.78, 5) is 11.9. The van der Waals surface area contributed by atoms with E-state index in [1.165, 1.54) is 0 Å². The lowest BCUT2D eigenvalue weighted by atomic mass is 10.2. The van der Waals surface area contributed by atoms with Crippen molar-refractivity contribution in [1.82, 2.24) is 0 Å². The average Bonchev–Trinajstić information content (AvgIpc) is 3.02. The number of esters is 1. The van der Waals surface area contributed by atoms with E-state index in [1.807, 2.05) is 0 Å². The van der Waals surface area contributed by atoms with E-state index in [4.69, 9.17) is 15.3 Å². The molecule has 21 heavy (non-hydrogen) atoms. The van der Waals surface area contributed by atoms with Gasteiger partial charge in [0, 0.05) is 0 Å². The lowest BCUT2D eigenvalue weighted by molar-refractivity contribution is 0.0318. The van der Waals surface area contributed by atoms with E-state index in [9.17, 15) is 4.79 Å². The van der Waals surface area contributed by atoms with E-state index < -0.39 is 0 Å². The van der Waals surface area contributed by atoms with Gasteiger partial charge in [-0.3, -0.25) is 5.43 Å². The third-order valence-corrected chi connectivity index (χ3v) is 3.21. The summed E-state index contributed by atoms with van der Waals surface area (Å²) in [6, 6.07) is 9.81. The molecule has 1 N–H and O–H groups in total. The average molecular weight is 282 g/mol. The van der Waals surface area contributed by atoms with Crippen molar-refractivity contribution in [3.8, 4) is 12.1 Å². The van der Waals surface area contributed by atoms with Gasteiger partial charge >= 0.3 is 5.97 Å². The highest BCUT2D eigenvalue weighted by molar-refractivity contribution is 6.10. The molecule has 0 heterocycles. The van der Waals surface area contributed by atoms with E-state index in [0.29, 0.717) is 11.3 Å². The molecule has 0 atom stereocenters. The number of carbonyl (C=O) groups excluding carboxylic acids is 1. The van der Waals surface area contributed by atoms with Gasteiger partial charge < -0.3 is 4.74 Å². The SMILES string of the molecule is N#CC(C#N)=NNc1ccc(C(=O)OC2CCCC2)cc1. The molecule has 106 valence electrons. The Morgan fingerprint density at radius 1 is 1.19 bits per heavy atom. The van der Waals surface area contributed by atoms with Gasteiger partial charge in [-0.15, -0.1) is 0 Å². The third-order valence-electron chi connectivity index (χ3n) is 3.21.